The van der Waals surface area contributed by atoms with Crippen LogP contribution in [-0.4, -0.2) is 72.1 Å². The molecule has 132 valence electrons. The highest BCUT2D eigenvalue weighted by molar-refractivity contribution is 7.15. The molecule has 3 rings (SSSR count). The number of thiophene rings is 1. The molecule has 6 nitrogen and oxygen atoms in total. The maximum Gasteiger partial charge on any atom is 0.345 e. The number of nitrogens with zero attached hydrogens (tertiary/aromatic N) is 2. The number of carbonyl (C=O) groups is 2. The van der Waals surface area contributed by atoms with Crippen LogP contribution in [0.25, 0.3) is 0 Å². The number of rotatable bonds is 5. The van der Waals surface area contributed by atoms with Crippen LogP contribution < -0.4 is 5.32 Å². The van der Waals surface area contributed by atoms with E-state index in [2.05, 4.69) is 22.2 Å². The first-order chi connectivity index (χ1) is 11.5. The lowest BCUT2D eigenvalue weighted by atomic mass is 9.93. The molecule has 2 heterocycles. The van der Waals surface area contributed by atoms with Gasteiger partial charge in [0.25, 0.3) is 5.91 Å². The second kappa shape index (κ2) is 7.21. The van der Waals surface area contributed by atoms with Crippen molar-refractivity contribution < 1.29 is 14.7 Å². The standard InChI is InChI=1S/C17H25N3O3S/c1-19-8-10-20(11-9-19)17(6-2-3-7-17)12-18-15(21)13-4-5-14(24-13)16(22)23/h4-5H,2-3,6-12H2,1H3,(H,18,21)(H,22,23). The summed E-state index contributed by atoms with van der Waals surface area (Å²) in [6, 6.07) is 3.09. The van der Waals surface area contributed by atoms with Gasteiger partial charge < -0.3 is 15.3 Å². The Morgan fingerprint density at radius 1 is 1.17 bits per heavy atom. The zero-order valence-corrected chi connectivity index (χ0v) is 14.9. The SMILES string of the molecule is CN1CCN(C2(CNC(=O)c3ccc(C(=O)O)s3)CCCC2)CC1. The van der Waals surface area contributed by atoms with Crippen LogP contribution in [0, 0.1) is 0 Å². The van der Waals surface area contributed by atoms with E-state index >= 15 is 0 Å². The van der Waals surface area contributed by atoms with Gasteiger partial charge in [0.1, 0.15) is 4.88 Å². The summed E-state index contributed by atoms with van der Waals surface area (Å²) in [5, 5.41) is 12.0. The summed E-state index contributed by atoms with van der Waals surface area (Å²) >= 11 is 1.03. The molecule has 7 heteroatoms. The van der Waals surface area contributed by atoms with Gasteiger partial charge in [-0.25, -0.2) is 4.79 Å². The minimum Gasteiger partial charge on any atom is -0.477 e. The topological polar surface area (TPSA) is 72.9 Å². The number of carboxylic acids is 1. The third kappa shape index (κ3) is 3.63. The molecule has 0 spiro atoms. The Bertz CT molecular complexity index is 602. The van der Waals surface area contributed by atoms with Crippen molar-refractivity contribution in [3.05, 3.63) is 21.9 Å². The first-order valence-corrected chi connectivity index (χ1v) is 9.37. The average Bonchev–Trinajstić information content (AvgIpc) is 3.23. The minimum atomic E-state index is -0.983. The molecule has 1 aromatic rings. The van der Waals surface area contributed by atoms with Gasteiger partial charge in [0, 0.05) is 38.3 Å². The molecule has 0 aromatic carbocycles. The molecule has 1 saturated carbocycles. The summed E-state index contributed by atoms with van der Waals surface area (Å²) in [6.07, 6.45) is 4.68. The molecule has 2 aliphatic rings. The second-order valence-corrected chi connectivity index (χ2v) is 7.96. The van der Waals surface area contributed by atoms with Crippen LogP contribution >= 0.6 is 11.3 Å². The number of nitrogens with one attached hydrogen (secondary N) is 1. The predicted octanol–water partition coefficient (Wildman–Crippen LogP) is 1.74. The summed E-state index contributed by atoms with van der Waals surface area (Å²) in [7, 11) is 2.15. The van der Waals surface area contributed by atoms with Crippen LogP contribution in [-0.2, 0) is 0 Å². The maximum atomic E-state index is 12.4. The average molecular weight is 351 g/mol. The summed E-state index contributed by atoms with van der Waals surface area (Å²) < 4.78 is 0. The molecule has 24 heavy (non-hydrogen) atoms. The molecule has 0 radical (unpaired) electrons. The van der Waals surface area contributed by atoms with Crippen molar-refractivity contribution in [2.24, 2.45) is 0 Å². The fourth-order valence-corrected chi connectivity index (χ4v) is 4.59. The Morgan fingerprint density at radius 2 is 1.79 bits per heavy atom. The van der Waals surface area contributed by atoms with Crippen molar-refractivity contribution >= 4 is 23.2 Å². The Balaban J connectivity index is 1.63. The molecule has 2 N–H and O–H groups in total. The Hall–Kier alpha value is -1.44. The van der Waals surface area contributed by atoms with Crippen molar-refractivity contribution in [1.29, 1.82) is 0 Å². The highest BCUT2D eigenvalue weighted by atomic mass is 32.1. The Morgan fingerprint density at radius 3 is 2.38 bits per heavy atom. The van der Waals surface area contributed by atoms with E-state index in [1.54, 1.807) is 6.07 Å². The van der Waals surface area contributed by atoms with E-state index in [1.165, 1.54) is 18.9 Å². The van der Waals surface area contributed by atoms with Crippen LogP contribution in [0.4, 0.5) is 0 Å². The van der Waals surface area contributed by atoms with Crippen LogP contribution in [0.15, 0.2) is 12.1 Å². The number of piperazine rings is 1. The number of carbonyl (C=O) groups excluding carboxylic acids is 1. The fourth-order valence-electron chi connectivity index (χ4n) is 3.83. The highest BCUT2D eigenvalue weighted by Crippen LogP contribution is 2.35. The quantitative estimate of drug-likeness (QED) is 0.845. The fraction of sp³-hybridized carbons (Fsp3) is 0.647. The first kappa shape index (κ1) is 17.4. The van der Waals surface area contributed by atoms with Gasteiger partial charge in [-0.3, -0.25) is 9.69 Å². The molecule has 0 bridgehead atoms. The summed E-state index contributed by atoms with van der Waals surface area (Å²) in [5.74, 6) is -1.14. The van der Waals surface area contributed by atoms with Crippen LogP contribution in [0.2, 0.25) is 0 Å². The van der Waals surface area contributed by atoms with E-state index in [1.807, 2.05) is 0 Å². The molecule has 1 amide bonds. The van der Waals surface area contributed by atoms with Crippen molar-refractivity contribution in [2.45, 2.75) is 31.2 Å². The molecule has 0 unspecified atom stereocenters. The molecule has 0 atom stereocenters. The van der Waals surface area contributed by atoms with Gasteiger partial charge in [-0.1, -0.05) is 12.8 Å². The predicted molar refractivity (Wildman–Crippen MR) is 93.9 cm³/mol. The molecule has 1 saturated heterocycles. The van der Waals surface area contributed by atoms with Crippen LogP contribution in [0.3, 0.4) is 0 Å². The van der Waals surface area contributed by atoms with Gasteiger partial charge in [-0.2, -0.15) is 0 Å². The van der Waals surface area contributed by atoms with Gasteiger partial charge >= 0.3 is 5.97 Å². The summed E-state index contributed by atoms with van der Waals surface area (Å²) in [4.78, 5) is 28.9. The lowest BCUT2D eigenvalue weighted by molar-refractivity contribution is 0.0415. The third-order valence-corrected chi connectivity index (χ3v) is 6.40. The number of hydrogen-bond donors (Lipinski definition) is 2. The number of likely N-dealkylation sites (N-methyl/N-ethyl adjacent to an activating group) is 1. The van der Waals surface area contributed by atoms with Gasteiger partial charge in [-0.05, 0) is 32.0 Å². The Labute approximate surface area is 146 Å². The Kier molecular flexibility index (Phi) is 5.22. The molecular weight excluding hydrogens is 326 g/mol. The number of hydrogen-bond acceptors (Lipinski definition) is 5. The lowest BCUT2D eigenvalue weighted by Crippen LogP contribution is -2.59. The number of carboxylic acid groups (broad SMARTS) is 1. The van der Waals surface area contributed by atoms with E-state index in [-0.39, 0.29) is 16.3 Å². The van der Waals surface area contributed by atoms with E-state index in [9.17, 15) is 9.59 Å². The number of aromatic carboxylic acids is 1. The molecule has 1 aliphatic carbocycles. The van der Waals surface area contributed by atoms with Gasteiger partial charge in [0.2, 0.25) is 0 Å². The summed E-state index contributed by atoms with van der Waals surface area (Å²) in [6.45, 7) is 4.89. The largest absolute Gasteiger partial charge is 0.477 e. The number of amides is 1. The first-order valence-electron chi connectivity index (χ1n) is 8.55. The van der Waals surface area contributed by atoms with E-state index in [0.717, 1.165) is 50.4 Å². The van der Waals surface area contributed by atoms with Gasteiger partial charge in [0.05, 0.1) is 4.88 Å². The zero-order valence-electron chi connectivity index (χ0n) is 14.1. The zero-order chi connectivity index (χ0) is 17.2. The smallest absolute Gasteiger partial charge is 0.345 e. The van der Waals surface area contributed by atoms with Crippen molar-refractivity contribution in [3.8, 4) is 0 Å². The maximum absolute atomic E-state index is 12.4. The van der Waals surface area contributed by atoms with Crippen LogP contribution in [0.5, 0.6) is 0 Å². The van der Waals surface area contributed by atoms with E-state index < -0.39 is 5.97 Å². The van der Waals surface area contributed by atoms with E-state index in [0.29, 0.717) is 11.4 Å². The normalized spacial score (nSPS) is 21.7. The van der Waals surface area contributed by atoms with Crippen LogP contribution in [0.1, 0.15) is 45.0 Å². The van der Waals surface area contributed by atoms with E-state index in [4.69, 9.17) is 5.11 Å². The monoisotopic (exact) mass is 351 g/mol. The minimum absolute atomic E-state index is 0.0732. The molecular formula is C17H25N3O3S. The van der Waals surface area contributed by atoms with Crippen molar-refractivity contribution in [1.82, 2.24) is 15.1 Å². The second-order valence-electron chi connectivity index (χ2n) is 6.87. The molecule has 1 aromatic heterocycles. The highest BCUT2D eigenvalue weighted by Gasteiger charge is 2.40. The molecule has 1 aliphatic heterocycles. The van der Waals surface area contributed by atoms with Crippen molar-refractivity contribution in [2.75, 3.05) is 39.8 Å². The van der Waals surface area contributed by atoms with Gasteiger partial charge in [0.15, 0.2) is 0 Å². The third-order valence-electron chi connectivity index (χ3n) is 5.33. The molecule has 2 fully saturated rings. The van der Waals surface area contributed by atoms with Crippen molar-refractivity contribution in [3.63, 3.8) is 0 Å². The van der Waals surface area contributed by atoms with Gasteiger partial charge in [-0.15, -0.1) is 11.3 Å². The summed E-state index contributed by atoms with van der Waals surface area (Å²) in [5.41, 5.74) is 0.0732. The lowest BCUT2D eigenvalue weighted by Gasteiger charge is -2.45.